The normalized spacial score (nSPS) is 13.7. The molecule has 2 N–H and O–H groups in total. The SMILES string of the molecule is CCOC(=O)C(CN)(Cc1ccsc1)c1ccccc1. The molecule has 1 aromatic carbocycles. The summed E-state index contributed by atoms with van der Waals surface area (Å²) in [6, 6.07) is 11.7. The van der Waals surface area contributed by atoms with Crippen molar-refractivity contribution in [3.05, 3.63) is 58.3 Å². The van der Waals surface area contributed by atoms with Crippen molar-refractivity contribution in [2.75, 3.05) is 13.2 Å². The zero-order chi connectivity index (χ0) is 14.4. The first-order valence-corrected chi connectivity index (χ1v) is 7.61. The Balaban J connectivity index is 2.43. The van der Waals surface area contributed by atoms with E-state index in [4.69, 9.17) is 10.5 Å². The van der Waals surface area contributed by atoms with Gasteiger partial charge in [-0.15, -0.1) is 0 Å². The first-order valence-electron chi connectivity index (χ1n) is 6.67. The molecular weight excluding hydrogens is 270 g/mol. The predicted molar refractivity (Wildman–Crippen MR) is 81.8 cm³/mol. The lowest BCUT2D eigenvalue weighted by Crippen LogP contribution is -2.46. The molecule has 0 fully saturated rings. The standard InChI is InChI=1S/C16H19NO2S/c1-2-19-15(18)16(12-17,10-13-8-9-20-11-13)14-6-4-3-5-7-14/h3-9,11H,2,10,12,17H2,1H3. The van der Waals surface area contributed by atoms with Gasteiger partial charge in [-0.2, -0.15) is 11.3 Å². The molecule has 3 nitrogen and oxygen atoms in total. The Hall–Kier alpha value is -1.65. The third-order valence-corrected chi connectivity index (χ3v) is 4.16. The molecule has 0 saturated heterocycles. The second-order valence-corrected chi connectivity index (χ2v) is 5.46. The number of rotatable bonds is 6. The topological polar surface area (TPSA) is 52.3 Å². The van der Waals surface area contributed by atoms with Gasteiger partial charge in [0, 0.05) is 6.54 Å². The maximum absolute atomic E-state index is 12.5. The van der Waals surface area contributed by atoms with E-state index in [1.165, 1.54) is 0 Å². The number of carbonyl (C=O) groups excluding carboxylic acids is 1. The summed E-state index contributed by atoms with van der Waals surface area (Å²) >= 11 is 1.62. The van der Waals surface area contributed by atoms with Crippen LogP contribution in [0, 0.1) is 0 Å². The van der Waals surface area contributed by atoms with Crippen molar-refractivity contribution in [1.29, 1.82) is 0 Å². The van der Waals surface area contributed by atoms with Crippen LogP contribution in [0.3, 0.4) is 0 Å². The number of esters is 1. The van der Waals surface area contributed by atoms with Crippen LogP contribution in [0.1, 0.15) is 18.1 Å². The fourth-order valence-corrected chi connectivity index (χ4v) is 3.00. The molecule has 106 valence electrons. The number of hydrogen-bond acceptors (Lipinski definition) is 4. The lowest BCUT2D eigenvalue weighted by molar-refractivity contribution is -0.149. The molecule has 1 atom stereocenters. The van der Waals surface area contributed by atoms with Crippen LogP contribution < -0.4 is 5.73 Å². The lowest BCUT2D eigenvalue weighted by atomic mass is 9.76. The van der Waals surface area contributed by atoms with Gasteiger partial charge in [-0.25, -0.2) is 0 Å². The van der Waals surface area contributed by atoms with Crippen LogP contribution in [0.25, 0.3) is 0 Å². The molecule has 1 heterocycles. The van der Waals surface area contributed by atoms with E-state index in [-0.39, 0.29) is 12.5 Å². The summed E-state index contributed by atoms with van der Waals surface area (Å²) in [7, 11) is 0. The van der Waals surface area contributed by atoms with Crippen molar-refractivity contribution in [2.24, 2.45) is 5.73 Å². The Morgan fingerprint density at radius 3 is 2.60 bits per heavy atom. The highest BCUT2D eigenvalue weighted by Gasteiger charge is 2.40. The molecule has 0 bridgehead atoms. The molecule has 0 radical (unpaired) electrons. The summed E-state index contributed by atoms with van der Waals surface area (Å²) in [5.41, 5.74) is 7.20. The summed E-state index contributed by atoms with van der Waals surface area (Å²) in [6.07, 6.45) is 0.565. The molecule has 2 aromatic rings. The number of carbonyl (C=O) groups is 1. The highest BCUT2D eigenvalue weighted by atomic mass is 32.1. The molecule has 0 aliphatic heterocycles. The average Bonchev–Trinajstić information content (AvgIpc) is 2.99. The highest BCUT2D eigenvalue weighted by molar-refractivity contribution is 7.07. The molecule has 1 aromatic heterocycles. The number of hydrogen-bond donors (Lipinski definition) is 1. The van der Waals surface area contributed by atoms with Crippen LogP contribution in [0.15, 0.2) is 47.2 Å². The van der Waals surface area contributed by atoms with Crippen molar-refractivity contribution >= 4 is 17.3 Å². The van der Waals surface area contributed by atoms with E-state index in [0.29, 0.717) is 13.0 Å². The maximum Gasteiger partial charge on any atom is 0.318 e. The van der Waals surface area contributed by atoms with Gasteiger partial charge in [-0.05, 0) is 41.3 Å². The molecule has 0 aliphatic carbocycles. The fourth-order valence-electron chi connectivity index (χ4n) is 2.33. The Morgan fingerprint density at radius 1 is 1.30 bits per heavy atom. The number of nitrogens with two attached hydrogens (primary N) is 1. The largest absolute Gasteiger partial charge is 0.465 e. The second kappa shape index (κ2) is 6.68. The smallest absolute Gasteiger partial charge is 0.318 e. The Morgan fingerprint density at radius 2 is 2.05 bits per heavy atom. The van der Waals surface area contributed by atoms with Gasteiger partial charge in [0.15, 0.2) is 0 Å². The molecule has 0 aliphatic rings. The van der Waals surface area contributed by atoms with Gasteiger partial charge >= 0.3 is 5.97 Å². The van der Waals surface area contributed by atoms with Crippen LogP contribution in [0.4, 0.5) is 0 Å². The monoisotopic (exact) mass is 289 g/mol. The van der Waals surface area contributed by atoms with Crippen molar-refractivity contribution < 1.29 is 9.53 Å². The van der Waals surface area contributed by atoms with E-state index in [9.17, 15) is 4.79 Å². The Bertz CT molecular complexity index is 539. The van der Waals surface area contributed by atoms with Crippen LogP contribution in [-0.4, -0.2) is 19.1 Å². The average molecular weight is 289 g/mol. The molecule has 4 heteroatoms. The predicted octanol–water partition coefficient (Wildman–Crippen LogP) is 2.75. The van der Waals surface area contributed by atoms with Gasteiger partial charge in [-0.3, -0.25) is 4.79 Å². The molecule has 0 amide bonds. The first-order chi connectivity index (χ1) is 9.73. The Kier molecular flexibility index (Phi) is 4.93. The first kappa shape index (κ1) is 14.8. The van der Waals surface area contributed by atoms with Crippen LogP contribution in [0.2, 0.25) is 0 Å². The Labute approximate surface area is 123 Å². The molecule has 2 rings (SSSR count). The number of thiophene rings is 1. The van der Waals surface area contributed by atoms with Gasteiger partial charge in [0.1, 0.15) is 5.41 Å². The third-order valence-electron chi connectivity index (χ3n) is 3.43. The van der Waals surface area contributed by atoms with Crippen molar-refractivity contribution in [3.8, 4) is 0 Å². The van der Waals surface area contributed by atoms with Gasteiger partial charge in [0.2, 0.25) is 0 Å². The highest BCUT2D eigenvalue weighted by Crippen LogP contribution is 2.30. The van der Waals surface area contributed by atoms with Gasteiger partial charge in [0.25, 0.3) is 0 Å². The quantitative estimate of drug-likeness (QED) is 0.832. The minimum absolute atomic E-state index is 0.228. The zero-order valence-electron chi connectivity index (χ0n) is 11.5. The summed E-state index contributed by atoms with van der Waals surface area (Å²) in [4.78, 5) is 12.5. The zero-order valence-corrected chi connectivity index (χ0v) is 12.4. The number of ether oxygens (including phenoxy) is 1. The summed E-state index contributed by atoms with van der Waals surface area (Å²) in [6.45, 7) is 2.40. The van der Waals surface area contributed by atoms with Crippen LogP contribution in [0.5, 0.6) is 0 Å². The minimum atomic E-state index is -0.807. The van der Waals surface area contributed by atoms with Crippen molar-refractivity contribution in [3.63, 3.8) is 0 Å². The minimum Gasteiger partial charge on any atom is -0.465 e. The third kappa shape index (κ3) is 2.92. The summed E-state index contributed by atoms with van der Waals surface area (Å²) < 4.78 is 5.29. The molecule has 20 heavy (non-hydrogen) atoms. The molecular formula is C16H19NO2S. The summed E-state index contributed by atoms with van der Waals surface area (Å²) in [5.74, 6) is -0.250. The van der Waals surface area contributed by atoms with E-state index in [2.05, 4.69) is 0 Å². The van der Waals surface area contributed by atoms with Gasteiger partial charge < -0.3 is 10.5 Å². The van der Waals surface area contributed by atoms with Crippen molar-refractivity contribution in [1.82, 2.24) is 0 Å². The van der Waals surface area contributed by atoms with Gasteiger partial charge in [0.05, 0.1) is 6.61 Å². The lowest BCUT2D eigenvalue weighted by Gasteiger charge is -2.30. The second-order valence-electron chi connectivity index (χ2n) is 4.68. The van der Waals surface area contributed by atoms with E-state index in [1.54, 1.807) is 11.3 Å². The summed E-state index contributed by atoms with van der Waals surface area (Å²) in [5, 5.41) is 4.05. The maximum atomic E-state index is 12.5. The molecule has 0 spiro atoms. The van der Waals surface area contributed by atoms with Gasteiger partial charge in [-0.1, -0.05) is 30.3 Å². The number of benzene rings is 1. The van der Waals surface area contributed by atoms with Crippen molar-refractivity contribution in [2.45, 2.75) is 18.8 Å². The molecule has 0 saturated carbocycles. The van der Waals surface area contributed by atoms with Crippen LogP contribution in [-0.2, 0) is 21.4 Å². The fraction of sp³-hybridized carbons (Fsp3) is 0.312. The van der Waals surface area contributed by atoms with E-state index in [0.717, 1.165) is 11.1 Å². The van der Waals surface area contributed by atoms with E-state index < -0.39 is 5.41 Å². The van der Waals surface area contributed by atoms with E-state index in [1.807, 2.05) is 54.1 Å². The van der Waals surface area contributed by atoms with Crippen LogP contribution >= 0.6 is 11.3 Å². The van der Waals surface area contributed by atoms with E-state index >= 15 is 0 Å². The molecule has 1 unspecified atom stereocenters.